The number of hydrogen-bond donors (Lipinski definition) is 1. The predicted octanol–water partition coefficient (Wildman–Crippen LogP) is 2.17. The first-order valence-corrected chi connectivity index (χ1v) is 6.63. The lowest BCUT2D eigenvalue weighted by molar-refractivity contribution is -0.384. The van der Waals surface area contributed by atoms with Crippen LogP contribution < -0.4 is 5.32 Å². The third kappa shape index (κ3) is 4.34. The highest BCUT2D eigenvalue weighted by molar-refractivity contribution is 5.97. The third-order valence-electron chi connectivity index (χ3n) is 2.90. The quantitative estimate of drug-likeness (QED) is 0.514. The number of aromatic nitrogens is 1. The van der Waals surface area contributed by atoms with Crippen molar-refractivity contribution >= 4 is 23.3 Å². The van der Waals surface area contributed by atoms with Gasteiger partial charge in [-0.3, -0.25) is 19.9 Å². The first-order valence-electron chi connectivity index (χ1n) is 6.63. The number of carbonyl (C=O) groups is 2. The number of nitro groups is 1. The summed E-state index contributed by atoms with van der Waals surface area (Å²) >= 11 is 0. The van der Waals surface area contributed by atoms with E-state index >= 15 is 0 Å². The minimum atomic E-state index is -1.03. The molecule has 0 radical (unpaired) electrons. The van der Waals surface area contributed by atoms with Gasteiger partial charge in [-0.1, -0.05) is 0 Å². The zero-order chi connectivity index (χ0) is 16.8. The number of nitro benzene ring substituents is 1. The van der Waals surface area contributed by atoms with Gasteiger partial charge in [0.25, 0.3) is 11.6 Å². The number of carbonyl (C=O) groups excluding carboxylic acids is 2. The van der Waals surface area contributed by atoms with Gasteiger partial charge < -0.3 is 10.1 Å². The van der Waals surface area contributed by atoms with Crippen LogP contribution in [0.5, 0.6) is 0 Å². The molecule has 1 aromatic heterocycles. The molecule has 1 unspecified atom stereocenters. The molecule has 23 heavy (non-hydrogen) atoms. The number of pyridine rings is 1. The lowest BCUT2D eigenvalue weighted by atomic mass is 10.2. The molecule has 1 amide bonds. The van der Waals surface area contributed by atoms with Crippen LogP contribution in [0.1, 0.15) is 17.3 Å². The van der Waals surface area contributed by atoms with Gasteiger partial charge in [-0.25, -0.2) is 4.79 Å². The maximum Gasteiger partial charge on any atom is 0.340 e. The Morgan fingerprint density at radius 3 is 2.52 bits per heavy atom. The number of hydrogen-bond acceptors (Lipinski definition) is 6. The molecule has 2 rings (SSSR count). The summed E-state index contributed by atoms with van der Waals surface area (Å²) in [6.45, 7) is 1.43. The number of amides is 1. The largest absolute Gasteiger partial charge is 0.449 e. The minimum Gasteiger partial charge on any atom is -0.449 e. The van der Waals surface area contributed by atoms with Crippen molar-refractivity contribution in [3.05, 3.63) is 64.5 Å². The Hall–Kier alpha value is -3.29. The molecule has 0 saturated carbocycles. The van der Waals surface area contributed by atoms with E-state index in [1.54, 1.807) is 6.07 Å². The number of ether oxygens (including phenoxy) is 1. The zero-order valence-corrected chi connectivity index (χ0v) is 12.1. The number of rotatable bonds is 5. The summed E-state index contributed by atoms with van der Waals surface area (Å²) in [6.07, 6.45) is 1.82. The van der Waals surface area contributed by atoms with Crippen molar-refractivity contribution in [2.45, 2.75) is 13.0 Å². The summed E-state index contributed by atoms with van der Waals surface area (Å²) in [5, 5.41) is 13.1. The van der Waals surface area contributed by atoms with Crippen LogP contribution in [0, 0.1) is 10.1 Å². The van der Waals surface area contributed by atoms with Gasteiger partial charge in [0, 0.05) is 30.2 Å². The van der Waals surface area contributed by atoms with Crippen LogP contribution in [-0.2, 0) is 9.53 Å². The first-order chi connectivity index (χ1) is 11.0. The Labute approximate surface area is 131 Å². The third-order valence-corrected chi connectivity index (χ3v) is 2.90. The molecular formula is C15H13N3O5. The standard InChI is InChI=1S/C15H13N3O5/c1-10(23-15(20)11-3-2-8-16-9-11)14(19)17-12-4-6-13(7-5-12)18(21)22/h2-10H,1H3,(H,17,19). The molecule has 118 valence electrons. The maximum absolute atomic E-state index is 12.0. The minimum absolute atomic E-state index is 0.0842. The van der Waals surface area contributed by atoms with Gasteiger partial charge in [0.05, 0.1) is 10.5 Å². The number of nitrogens with one attached hydrogen (secondary N) is 1. The molecule has 2 aromatic rings. The predicted molar refractivity (Wildman–Crippen MR) is 80.8 cm³/mol. The summed E-state index contributed by atoms with van der Waals surface area (Å²) < 4.78 is 5.03. The first kappa shape index (κ1) is 16.1. The molecule has 1 N–H and O–H groups in total. The van der Waals surface area contributed by atoms with E-state index in [0.29, 0.717) is 5.69 Å². The molecule has 0 spiro atoms. The molecule has 0 bridgehead atoms. The summed E-state index contributed by atoms with van der Waals surface area (Å²) in [5.74, 6) is -1.21. The fraction of sp³-hybridized carbons (Fsp3) is 0.133. The fourth-order valence-electron chi connectivity index (χ4n) is 1.68. The maximum atomic E-state index is 12.0. The van der Waals surface area contributed by atoms with Crippen LogP contribution in [0.25, 0.3) is 0 Å². The Balaban J connectivity index is 1.94. The fourth-order valence-corrected chi connectivity index (χ4v) is 1.68. The van der Waals surface area contributed by atoms with Crippen molar-refractivity contribution in [3.63, 3.8) is 0 Å². The van der Waals surface area contributed by atoms with Crippen LogP contribution in [-0.4, -0.2) is 27.9 Å². The monoisotopic (exact) mass is 315 g/mol. The highest BCUT2D eigenvalue weighted by Crippen LogP contribution is 2.16. The second-order valence-electron chi connectivity index (χ2n) is 4.58. The Bertz CT molecular complexity index is 716. The molecule has 0 aliphatic heterocycles. The van der Waals surface area contributed by atoms with E-state index in [-0.39, 0.29) is 11.3 Å². The summed E-state index contributed by atoms with van der Waals surface area (Å²) in [5.41, 5.74) is 0.520. The number of esters is 1. The number of non-ortho nitro benzene ring substituents is 1. The second kappa shape index (κ2) is 7.12. The van der Waals surface area contributed by atoms with E-state index in [1.165, 1.54) is 49.6 Å². The molecule has 8 heteroatoms. The van der Waals surface area contributed by atoms with E-state index in [2.05, 4.69) is 10.3 Å². The van der Waals surface area contributed by atoms with E-state index in [1.807, 2.05) is 0 Å². The Morgan fingerprint density at radius 2 is 1.96 bits per heavy atom. The smallest absolute Gasteiger partial charge is 0.340 e. The summed E-state index contributed by atoms with van der Waals surface area (Å²) in [4.78, 5) is 37.6. The van der Waals surface area contributed by atoms with Crippen molar-refractivity contribution in [1.29, 1.82) is 0 Å². The molecule has 8 nitrogen and oxygen atoms in total. The van der Waals surface area contributed by atoms with Crippen LogP contribution in [0.2, 0.25) is 0 Å². The van der Waals surface area contributed by atoms with Gasteiger partial charge in [-0.05, 0) is 31.2 Å². The summed E-state index contributed by atoms with van der Waals surface area (Å²) in [6, 6.07) is 8.43. The molecule has 1 aromatic carbocycles. The average molecular weight is 315 g/mol. The number of nitrogens with zero attached hydrogens (tertiary/aromatic N) is 2. The lowest BCUT2D eigenvalue weighted by Gasteiger charge is -2.13. The molecule has 1 heterocycles. The van der Waals surface area contributed by atoms with Crippen LogP contribution >= 0.6 is 0 Å². The van der Waals surface area contributed by atoms with Crippen LogP contribution in [0.15, 0.2) is 48.8 Å². The van der Waals surface area contributed by atoms with Gasteiger partial charge in [-0.15, -0.1) is 0 Å². The molecule has 0 saturated heterocycles. The summed E-state index contributed by atoms with van der Waals surface area (Å²) in [7, 11) is 0. The normalized spacial score (nSPS) is 11.3. The van der Waals surface area contributed by atoms with Crippen molar-refractivity contribution in [2.75, 3.05) is 5.32 Å². The topological polar surface area (TPSA) is 111 Å². The van der Waals surface area contributed by atoms with Gasteiger partial charge in [0.1, 0.15) is 0 Å². The van der Waals surface area contributed by atoms with E-state index in [9.17, 15) is 19.7 Å². The van der Waals surface area contributed by atoms with E-state index < -0.39 is 22.9 Å². The van der Waals surface area contributed by atoms with Crippen LogP contribution in [0.4, 0.5) is 11.4 Å². The highest BCUT2D eigenvalue weighted by atomic mass is 16.6. The van der Waals surface area contributed by atoms with Crippen molar-refractivity contribution in [1.82, 2.24) is 4.98 Å². The number of benzene rings is 1. The van der Waals surface area contributed by atoms with Crippen molar-refractivity contribution in [2.24, 2.45) is 0 Å². The zero-order valence-electron chi connectivity index (χ0n) is 12.1. The van der Waals surface area contributed by atoms with Gasteiger partial charge in [0.15, 0.2) is 6.10 Å². The van der Waals surface area contributed by atoms with Gasteiger partial charge >= 0.3 is 5.97 Å². The average Bonchev–Trinajstić information content (AvgIpc) is 2.56. The molecule has 0 fully saturated rings. The second-order valence-corrected chi connectivity index (χ2v) is 4.58. The molecule has 0 aliphatic carbocycles. The SMILES string of the molecule is CC(OC(=O)c1cccnc1)C(=O)Nc1ccc([N+](=O)[O-])cc1. The van der Waals surface area contributed by atoms with E-state index in [0.717, 1.165) is 0 Å². The number of anilines is 1. The molecular weight excluding hydrogens is 302 g/mol. The highest BCUT2D eigenvalue weighted by Gasteiger charge is 2.19. The van der Waals surface area contributed by atoms with Crippen LogP contribution in [0.3, 0.4) is 0 Å². The van der Waals surface area contributed by atoms with Gasteiger partial charge in [0.2, 0.25) is 0 Å². The van der Waals surface area contributed by atoms with Crippen molar-refractivity contribution < 1.29 is 19.2 Å². The van der Waals surface area contributed by atoms with Gasteiger partial charge in [-0.2, -0.15) is 0 Å². The molecule has 0 aliphatic rings. The van der Waals surface area contributed by atoms with Crippen molar-refractivity contribution in [3.8, 4) is 0 Å². The Kier molecular flexibility index (Phi) is 4.98. The molecule has 1 atom stereocenters. The lowest BCUT2D eigenvalue weighted by Crippen LogP contribution is -2.30. The van der Waals surface area contributed by atoms with E-state index in [4.69, 9.17) is 4.74 Å². The Morgan fingerprint density at radius 1 is 1.26 bits per heavy atom.